The number of hydrogen-bond donors (Lipinski definition) is 0. The molecule has 0 fully saturated rings. The van der Waals surface area contributed by atoms with Crippen LogP contribution in [-0.4, -0.2) is 22.6 Å². The molecule has 8 heteroatoms. The molecule has 0 atom stereocenters. The van der Waals surface area contributed by atoms with Gasteiger partial charge in [-0.1, -0.05) is 0 Å². The first-order chi connectivity index (χ1) is 9.74. The van der Waals surface area contributed by atoms with E-state index in [9.17, 15) is 22.4 Å². The number of aromatic nitrogens is 2. The summed E-state index contributed by atoms with van der Waals surface area (Å²) in [7, 11) is 2.31. The largest absolute Gasteiger partial charge is 0.465 e. The first-order valence-corrected chi connectivity index (χ1v) is 5.73. The van der Waals surface area contributed by atoms with Crippen LogP contribution in [0.2, 0.25) is 0 Å². The fourth-order valence-corrected chi connectivity index (χ4v) is 1.83. The second kappa shape index (κ2) is 5.19. The summed E-state index contributed by atoms with van der Waals surface area (Å²) in [5.74, 6) is -2.73. The number of imidazole rings is 1. The lowest BCUT2D eigenvalue weighted by atomic mass is 10.1. The zero-order valence-corrected chi connectivity index (χ0v) is 11.0. The van der Waals surface area contributed by atoms with Crippen molar-refractivity contribution in [1.29, 1.82) is 0 Å². The van der Waals surface area contributed by atoms with Crippen LogP contribution in [0.3, 0.4) is 0 Å². The fraction of sp³-hybridized carbons (Fsp3) is 0.231. The summed E-state index contributed by atoms with van der Waals surface area (Å²) >= 11 is 0. The Morgan fingerprint density at radius 1 is 1.33 bits per heavy atom. The molecule has 0 saturated heterocycles. The molecule has 0 spiro atoms. The molecule has 0 aliphatic heterocycles. The quantitative estimate of drug-likeness (QED) is 0.632. The smallest absolute Gasteiger partial charge is 0.449 e. The van der Waals surface area contributed by atoms with Crippen LogP contribution >= 0.6 is 0 Å². The fourth-order valence-electron chi connectivity index (χ4n) is 1.83. The zero-order chi connectivity index (χ0) is 15.8. The highest BCUT2D eigenvalue weighted by atomic mass is 19.4. The molecule has 2 aromatic rings. The van der Waals surface area contributed by atoms with Gasteiger partial charge in [0, 0.05) is 18.8 Å². The highest BCUT2D eigenvalue weighted by molar-refractivity contribution is 5.90. The number of methoxy groups -OCH3 is 1. The number of carbonyl (C=O) groups excluding carboxylic acids is 1. The van der Waals surface area contributed by atoms with Crippen molar-refractivity contribution in [3.05, 3.63) is 41.6 Å². The third kappa shape index (κ3) is 2.88. The molecular weight excluding hydrogens is 292 g/mol. The van der Waals surface area contributed by atoms with E-state index in [1.54, 1.807) is 0 Å². The molecule has 0 amide bonds. The van der Waals surface area contributed by atoms with Crippen LogP contribution in [0.25, 0.3) is 11.3 Å². The van der Waals surface area contributed by atoms with Gasteiger partial charge in [0.05, 0.1) is 18.4 Å². The number of alkyl halides is 3. The van der Waals surface area contributed by atoms with E-state index in [1.165, 1.54) is 19.2 Å². The molecule has 1 heterocycles. The van der Waals surface area contributed by atoms with Gasteiger partial charge in [-0.2, -0.15) is 13.2 Å². The minimum absolute atomic E-state index is 0.0364. The van der Waals surface area contributed by atoms with Crippen molar-refractivity contribution in [3.8, 4) is 11.3 Å². The maximum atomic E-state index is 13.9. The van der Waals surface area contributed by atoms with Crippen molar-refractivity contribution in [1.82, 2.24) is 9.55 Å². The Labute approximate surface area is 117 Å². The maximum Gasteiger partial charge on any atom is 0.449 e. The van der Waals surface area contributed by atoms with E-state index in [1.807, 2.05) is 0 Å². The lowest BCUT2D eigenvalue weighted by Gasteiger charge is -2.04. The molecule has 2 rings (SSSR count). The molecule has 1 aromatic carbocycles. The average molecular weight is 302 g/mol. The van der Waals surface area contributed by atoms with Crippen molar-refractivity contribution in [2.75, 3.05) is 7.11 Å². The Morgan fingerprint density at radius 2 is 2.00 bits per heavy atom. The van der Waals surface area contributed by atoms with Gasteiger partial charge >= 0.3 is 12.1 Å². The van der Waals surface area contributed by atoms with Crippen molar-refractivity contribution >= 4 is 5.97 Å². The lowest BCUT2D eigenvalue weighted by molar-refractivity contribution is -0.146. The number of nitrogens with zero attached hydrogens (tertiary/aromatic N) is 2. The molecule has 21 heavy (non-hydrogen) atoms. The highest BCUT2D eigenvalue weighted by Gasteiger charge is 2.36. The van der Waals surface area contributed by atoms with Crippen LogP contribution < -0.4 is 0 Å². The maximum absolute atomic E-state index is 13.9. The van der Waals surface area contributed by atoms with Gasteiger partial charge in [-0.05, 0) is 18.2 Å². The molecule has 0 N–H and O–H groups in total. The summed E-state index contributed by atoms with van der Waals surface area (Å²) in [4.78, 5) is 14.6. The summed E-state index contributed by atoms with van der Waals surface area (Å²) in [5.41, 5.74) is -0.335. The molecule has 0 saturated carbocycles. The van der Waals surface area contributed by atoms with Gasteiger partial charge in [0.25, 0.3) is 0 Å². The number of ether oxygens (including phenoxy) is 1. The van der Waals surface area contributed by atoms with Crippen molar-refractivity contribution in [2.24, 2.45) is 7.05 Å². The Kier molecular flexibility index (Phi) is 3.71. The van der Waals surface area contributed by atoms with Gasteiger partial charge in [0.1, 0.15) is 5.82 Å². The molecule has 112 valence electrons. The second-order valence-electron chi connectivity index (χ2n) is 4.24. The number of benzene rings is 1. The Morgan fingerprint density at radius 3 is 2.48 bits per heavy atom. The van der Waals surface area contributed by atoms with Crippen LogP contribution in [0.1, 0.15) is 16.2 Å². The summed E-state index contributed by atoms with van der Waals surface area (Å²) < 4.78 is 57.1. The molecular formula is C13H10F4N2O2. The van der Waals surface area contributed by atoms with E-state index in [-0.39, 0.29) is 16.8 Å². The predicted molar refractivity (Wildman–Crippen MR) is 64.9 cm³/mol. The van der Waals surface area contributed by atoms with Crippen molar-refractivity contribution in [3.63, 3.8) is 0 Å². The number of carbonyl (C=O) groups is 1. The predicted octanol–water partition coefficient (Wildman–Crippen LogP) is 3.03. The van der Waals surface area contributed by atoms with Gasteiger partial charge in [-0.3, -0.25) is 0 Å². The third-order valence-corrected chi connectivity index (χ3v) is 2.80. The van der Waals surface area contributed by atoms with Crippen LogP contribution in [-0.2, 0) is 18.0 Å². The van der Waals surface area contributed by atoms with E-state index in [4.69, 9.17) is 0 Å². The standard InChI is InChI=1S/C13H10F4N2O2/c1-19-6-10(18-12(19)13(15,16)17)8-4-3-7(5-9(8)14)11(20)21-2/h3-6H,1-2H3. The minimum Gasteiger partial charge on any atom is -0.465 e. The Balaban J connectivity index is 2.46. The van der Waals surface area contributed by atoms with Gasteiger partial charge in [0.2, 0.25) is 5.82 Å². The highest BCUT2D eigenvalue weighted by Crippen LogP contribution is 2.31. The molecule has 0 aliphatic carbocycles. The molecule has 0 radical (unpaired) electrons. The monoisotopic (exact) mass is 302 g/mol. The number of halogens is 4. The van der Waals surface area contributed by atoms with Crippen LogP contribution in [0.5, 0.6) is 0 Å². The minimum atomic E-state index is -4.63. The number of aryl methyl sites for hydroxylation is 1. The number of esters is 1. The zero-order valence-electron chi connectivity index (χ0n) is 11.0. The van der Waals surface area contributed by atoms with Crippen LogP contribution in [0, 0.1) is 5.82 Å². The molecule has 0 unspecified atom stereocenters. The van der Waals surface area contributed by atoms with Crippen molar-refractivity contribution in [2.45, 2.75) is 6.18 Å². The topological polar surface area (TPSA) is 44.1 Å². The van der Waals surface area contributed by atoms with Crippen molar-refractivity contribution < 1.29 is 27.1 Å². The summed E-state index contributed by atoms with van der Waals surface area (Å²) in [6.45, 7) is 0. The van der Waals surface area contributed by atoms with E-state index in [0.29, 0.717) is 0 Å². The van der Waals surface area contributed by atoms with Gasteiger partial charge < -0.3 is 9.30 Å². The van der Waals surface area contributed by atoms with E-state index in [2.05, 4.69) is 9.72 Å². The van der Waals surface area contributed by atoms with Crippen LogP contribution in [0.4, 0.5) is 17.6 Å². The van der Waals surface area contributed by atoms with E-state index < -0.39 is 23.8 Å². The average Bonchev–Trinajstić information content (AvgIpc) is 2.79. The summed E-state index contributed by atoms with van der Waals surface area (Å²) in [6.07, 6.45) is -3.56. The first-order valence-electron chi connectivity index (χ1n) is 5.73. The summed E-state index contributed by atoms with van der Waals surface area (Å²) in [5, 5.41) is 0. The summed E-state index contributed by atoms with van der Waals surface area (Å²) in [6, 6.07) is 3.33. The lowest BCUT2D eigenvalue weighted by Crippen LogP contribution is -2.12. The van der Waals surface area contributed by atoms with E-state index >= 15 is 0 Å². The molecule has 0 aliphatic rings. The SMILES string of the molecule is COC(=O)c1ccc(-c2cn(C)c(C(F)(F)F)n2)c(F)c1. The Bertz CT molecular complexity index is 692. The first kappa shape index (κ1) is 15.0. The number of rotatable bonds is 2. The van der Waals surface area contributed by atoms with Gasteiger partial charge in [0.15, 0.2) is 0 Å². The molecule has 4 nitrogen and oxygen atoms in total. The second-order valence-corrected chi connectivity index (χ2v) is 4.24. The molecule has 1 aromatic heterocycles. The Hall–Kier alpha value is -2.38. The van der Waals surface area contributed by atoms with Gasteiger partial charge in [-0.25, -0.2) is 14.2 Å². The number of hydrogen-bond acceptors (Lipinski definition) is 3. The van der Waals surface area contributed by atoms with E-state index in [0.717, 1.165) is 23.9 Å². The molecule has 0 bridgehead atoms. The van der Waals surface area contributed by atoms with Gasteiger partial charge in [-0.15, -0.1) is 0 Å². The normalized spacial score (nSPS) is 11.5. The third-order valence-electron chi connectivity index (χ3n) is 2.80. The van der Waals surface area contributed by atoms with Crippen LogP contribution in [0.15, 0.2) is 24.4 Å².